The maximum Gasteiger partial charge on any atom is 0.296 e. The molecule has 5 aromatic rings. The van der Waals surface area contributed by atoms with Crippen molar-refractivity contribution in [3.63, 3.8) is 0 Å². The van der Waals surface area contributed by atoms with Crippen LogP contribution in [0, 0.1) is 0 Å². The molecule has 0 amide bonds. The Labute approximate surface area is 196 Å². The number of phenols is 1. The van der Waals surface area contributed by atoms with Crippen LogP contribution >= 0.6 is 0 Å². The van der Waals surface area contributed by atoms with Crippen LogP contribution in [0.5, 0.6) is 5.75 Å². The average molecular weight is 472 g/mol. The number of nitrogen functional groups attached to an aromatic ring is 1. The Hall–Kier alpha value is -4.27. The van der Waals surface area contributed by atoms with Crippen LogP contribution in [0.2, 0.25) is 0 Å². The minimum Gasteiger partial charge on any atom is -0.507 e. The van der Waals surface area contributed by atoms with Crippen LogP contribution in [-0.2, 0) is 10.1 Å². The molecular weight excluding hydrogens is 450 g/mol. The van der Waals surface area contributed by atoms with Gasteiger partial charge in [-0.15, -0.1) is 0 Å². The number of phenolic OH excluding ortho intramolecular Hbond substituents is 1. The fourth-order valence-corrected chi connectivity index (χ4v) is 4.69. The molecule has 0 heterocycles. The van der Waals surface area contributed by atoms with Crippen molar-refractivity contribution in [1.29, 1.82) is 0 Å². The second kappa shape index (κ2) is 8.26. The van der Waals surface area contributed by atoms with Gasteiger partial charge in [0, 0.05) is 16.5 Å². The molecule has 0 fully saturated rings. The van der Waals surface area contributed by atoms with Gasteiger partial charge in [0.15, 0.2) is 0 Å². The van der Waals surface area contributed by atoms with E-state index in [1.165, 1.54) is 12.1 Å². The van der Waals surface area contributed by atoms with Crippen molar-refractivity contribution >= 4 is 60.1 Å². The van der Waals surface area contributed by atoms with Gasteiger partial charge in [-0.2, -0.15) is 8.42 Å². The SMILES string of the molecule is Nc1ccc2ccccc2c1Nc1cccc(S(=O)(=O)O)c1Nc1ccc2cccc(O)c2c1. The lowest BCUT2D eigenvalue weighted by atomic mass is 10.1. The predicted octanol–water partition coefficient (Wildman–Crippen LogP) is 6.01. The predicted molar refractivity (Wildman–Crippen MR) is 137 cm³/mol. The number of hydrogen-bond acceptors (Lipinski definition) is 6. The van der Waals surface area contributed by atoms with Crippen LogP contribution in [-0.4, -0.2) is 18.1 Å². The molecule has 5 rings (SSSR count). The summed E-state index contributed by atoms with van der Waals surface area (Å²) in [7, 11) is -4.55. The molecule has 170 valence electrons. The standard InChI is InChI=1S/C26H21N3O4S/c27-21-14-12-16-5-1-2-7-19(16)25(21)29-22-8-4-10-24(34(31,32)33)26(22)28-18-13-11-17-6-3-9-23(30)20(17)15-18/h1-15,28-30H,27H2,(H,31,32,33). The van der Waals surface area contributed by atoms with E-state index in [1.807, 2.05) is 42.5 Å². The zero-order valence-electron chi connectivity index (χ0n) is 17.9. The van der Waals surface area contributed by atoms with E-state index in [0.717, 1.165) is 16.2 Å². The summed E-state index contributed by atoms with van der Waals surface area (Å²) >= 11 is 0. The third-order valence-electron chi connectivity index (χ3n) is 5.65. The van der Waals surface area contributed by atoms with Crippen molar-refractivity contribution in [2.24, 2.45) is 0 Å². The second-order valence-corrected chi connectivity index (χ2v) is 9.26. The van der Waals surface area contributed by atoms with Gasteiger partial charge >= 0.3 is 0 Å². The first-order valence-electron chi connectivity index (χ1n) is 10.4. The second-order valence-electron chi connectivity index (χ2n) is 7.87. The highest BCUT2D eigenvalue weighted by atomic mass is 32.2. The Morgan fingerprint density at radius 2 is 1.41 bits per heavy atom. The van der Waals surface area contributed by atoms with E-state index < -0.39 is 10.1 Å². The molecule has 0 bridgehead atoms. The molecule has 0 saturated heterocycles. The molecule has 0 aliphatic carbocycles. The number of para-hydroxylation sites is 1. The third-order valence-corrected chi connectivity index (χ3v) is 6.55. The van der Waals surface area contributed by atoms with Gasteiger partial charge in [-0.1, -0.05) is 54.6 Å². The minimum atomic E-state index is -4.55. The fourth-order valence-electron chi connectivity index (χ4n) is 4.02. The summed E-state index contributed by atoms with van der Waals surface area (Å²) in [6.45, 7) is 0. The van der Waals surface area contributed by atoms with E-state index in [9.17, 15) is 18.1 Å². The number of hydrogen-bond donors (Lipinski definition) is 5. The summed E-state index contributed by atoms with van der Waals surface area (Å²) in [4.78, 5) is -0.298. The Kier molecular flexibility index (Phi) is 5.24. The zero-order chi connectivity index (χ0) is 23.9. The van der Waals surface area contributed by atoms with E-state index in [4.69, 9.17) is 5.73 Å². The smallest absolute Gasteiger partial charge is 0.296 e. The first-order valence-corrected chi connectivity index (χ1v) is 11.9. The molecule has 0 aromatic heterocycles. The molecule has 5 aromatic carbocycles. The van der Waals surface area contributed by atoms with Crippen molar-refractivity contribution < 1.29 is 18.1 Å². The molecule has 34 heavy (non-hydrogen) atoms. The Morgan fingerprint density at radius 1 is 0.706 bits per heavy atom. The van der Waals surface area contributed by atoms with E-state index in [-0.39, 0.29) is 16.3 Å². The van der Waals surface area contributed by atoms with Gasteiger partial charge in [-0.25, -0.2) is 0 Å². The molecule has 0 radical (unpaired) electrons. The van der Waals surface area contributed by atoms with Gasteiger partial charge in [0.2, 0.25) is 0 Å². The molecule has 0 saturated carbocycles. The van der Waals surface area contributed by atoms with Crippen LogP contribution in [0.3, 0.4) is 0 Å². The van der Waals surface area contributed by atoms with Crippen molar-refractivity contribution in [3.05, 3.63) is 91.0 Å². The van der Waals surface area contributed by atoms with Crippen LogP contribution < -0.4 is 16.4 Å². The zero-order valence-corrected chi connectivity index (χ0v) is 18.7. The Morgan fingerprint density at radius 3 is 2.24 bits per heavy atom. The summed E-state index contributed by atoms with van der Waals surface area (Å²) < 4.78 is 34.4. The van der Waals surface area contributed by atoms with Crippen LogP contribution in [0.15, 0.2) is 95.9 Å². The van der Waals surface area contributed by atoms with Gasteiger partial charge in [0.05, 0.1) is 22.7 Å². The highest BCUT2D eigenvalue weighted by Crippen LogP contribution is 2.39. The highest BCUT2D eigenvalue weighted by molar-refractivity contribution is 7.86. The number of anilines is 5. The van der Waals surface area contributed by atoms with E-state index in [0.29, 0.717) is 28.1 Å². The van der Waals surface area contributed by atoms with Crippen molar-refractivity contribution in [2.45, 2.75) is 4.90 Å². The first kappa shape index (κ1) is 21.6. The van der Waals surface area contributed by atoms with Crippen molar-refractivity contribution in [2.75, 3.05) is 16.4 Å². The van der Waals surface area contributed by atoms with Crippen molar-refractivity contribution in [3.8, 4) is 5.75 Å². The summed E-state index contributed by atoms with van der Waals surface area (Å²) in [6, 6.07) is 26.4. The molecule has 0 unspecified atom stereocenters. The summed E-state index contributed by atoms with van der Waals surface area (Å²) in [6.07, 6.45) is 0. The monoisotopic (exact) mass is 471 g/mol. The fraction of sp³-hybridized carbons (Fsp3) is 0. The maximum absolute atomic E-state index is 12.2. The molecular formula is C26H21N3O4S. The largest absolute Gasteiger partial charge is 0.507 e. The molecule has 0 spiro atoms. The quantitative estimate of drug-likeness (QED) is 0.157. The molecule has 0 atom stereocenters. The third kappa shape index (κ3) is 3.96. The number of nitrogens with one attached hydrogen (secondary N) is 2. The number of nitrogens with two attached hydrogens (primary N) is 1. The normalized spacial score (nSPS) is 11.6. The summed E-state index contributed by atoms with van der Waals surface area (Å²) in [5.41, 5.74) is 8.43. The molecule has 8 heteroatoms. The minimum absolute atomic E-state index is 0.103. The topological polar surface area (TPSA) is 125 Å². The molecule has 6 N–H and O–H groups in total. The summed E-state index contributed by atoms with van der Waals surface area (Å²) in [5, 5.41) is 19.8. The molecule has 0 aliphatic heterocycles. The lowest BCUT2D eigenvalue weighted by Gasteiger charge is -2.19. The van der Waals surface area contributed by atoms with Gasteiger partial charge in [0.1, 0.15) is 10.6 Å². The van der Waals surface area contributed by atoms with Crippen LogP contribution in [0.1, 0.15) is 0 Å². The Bertz CT molecular complexity index is 1670. The number of rotatable bonds is 5. The van der Waals surface area contributed by atoms with Crippen LogP contribution in [0.4, 0.5) is 28.4 Å². The maximum atomic E-state index is 12.2. The highest BCUT2D eigenvalue weighted by Gasteiger charge is 2.20. The van der Waals surface area contributed by atoms with Gasteiger partial charge in [-0.3, -0.25) is 4.55 Å². The lowest BCUT2D eigenvalue weighted by molar-refractivity contribution is 0.481. The van der Waals surface area contributed by atoms with Crippen molar-refractivity contribution in [1.82, 2.24) is 0 Å². The van der Waals surface area contributed by atoms with E-state index >= 15 is 0 Å². The molecule has 0 aliphatic rings. The van der Waals surface area contributed by atoms with Crippen LogP contribution in [0.25, 0.3) is 21.5 Å². The average Bonchev–Trinajstić information content (AvgIpc) is 2.81. The van der Waals surface area contributed by atoms with Gasteiger partial charge < -0.3 is 21.5 Å². The van der Waals surface area contributed by atoms with Gasteiger partial charge in [0.25, 0.3) is 10.1 Å². The first-order chi connectivity index (χ1) is 16.3. The molecule has 7 nitrogen and oxygen atoms in total. The lowest BCUT2D eigenvalue weighted by Crippen LogP contribution is -2.07. The number of aromatic hydroxyl groups is 1. The summed E-state index contributed by atoms with van der Waals surface area (Å²) in [5.74, 6) is 0.103. The van der Waals surface area contributed by atoms with E-state index in [2.05, 4.69) is 10.6 Å². The Balaban J connectivity index is 1.66. The van der Waals surface area contributed by atoms with E-state index in [1.54, 1.807) is 36.4 Å². The number of fused-ring (bicyclic) bond motifs is 2. The van der Waals surface area contributed by atoms with Gasteiger partial charge in [-0.05, 0) is 47.2 Å². The number of benzene rings is 5.